The molecule has 0 radical (unpaired) electrons. The first-order valence-corrected chi connectivity index (χ1v) is 12.5. The minimum absolute atomic E-state index is 0.0688. The van der Waals surface area contributed by atoms with E-state index >= 15 is 0 Å². The van der Waals surface area contributed by atoms with Gasteiger partial charge < -0.3 is 20.1 Å². The highest BCUT2D eigenvalue weighted by Gasteiger charge is 2.17. The van der Waals surface area contributed by atoms with E-state index < -0.39 is 5.97 Å². The summed E-state index contributed by atoms with van der Waals surface area (Å²) in [5.41, 5.74) is 10.3. The molecule has 0 aliphatic rings. The number of nitrogens with zero attached hydrogens (tertiary/aromatic N) is 1. The smallest absolute Gasteiger partial charge is 0.352 e. The van der Waals surface area contributed by atoms with Crippen molar-refractivity contribution in [3.8, 4) is 22.6 Å². The Morgan fingerprint density at radius 3 is 2.23 bits per heavy atom. The van der Waals surface area contributed by atoms with E-state index in [1.165, 1.54) is 0 Å². The standard InChI is InChI=1S/C33H25N3O3/c34-32(35)25-11-10-24-18-31(33(37)38)36(30(24)19-25)20-26-17-28(16-23-8-4-5-9-29(23)26)39-27-14-12-22(13-15-27)21-6-2-1-3-7-21/h1-19H,20H2,(H3,34,35)(H,37,38). The van der Waals surface area contributed by atoms with Crippen LogP contribution in [0.15, 0.2) is 115 Å². The molecule has 0 bridgehead atoms. The molecule has 4 N–H and O–H groups in total. The third kappa shape index (κ3) is 4.71. The number of hydrogen-bond donors (Lipinski definition) is 3. The number of hydrogen-bond acceptors (Lipinski definition) is 3. The molecule has 0 unspecified atom stereocenters. The molecular formula is C33H25N3O3. The second-order valence-corrected chi connectivity index (χ2v) is 9.40. The molecule has 0 aliphatic carbocycles. The molecule has 0 saturated heterocycles. The van der Waals surface area contributed by atoms with Crippen LogP contribution in [0.4, 0.5) is 0 Å². The number of nitrogens with two attached hydrogens (primary N) is 1. The number of benzene rings is 5. The first kappa shape index (κ1) is 24.0. The molecule has 190 valence electrons. The van der Waals surface area contributed by atoms with Gasteiger partial charge in [0.1, 0.15) is 23.0 Å². The van der Waals surface area contributed by atoms with Crippen molar-refractivity contribution in [1.29, 1.82) is 5.41 Å². The highest BCUT2D eigenvalue weighted by atomic mass is 16.5. The summed E-state index contributed by atoms with van der Waals surface area (Å²) in [5.74, 6) is 0.278. The second-order valence-electron chi connectivity index (χ2n) is 9.40. The molecule has 6 rings (SSSR count). The van der Waals surface area contributed by atoms with E-state index in [9.17, 15) is 9.90 Å². The first-order valence-electron chi connectivity index (χ1n) is 12.5. The fourth-order valence-corrected chi connectivity index (χ4v) is 4.97. The van der Waals surface area contributed by atoms with Crippen LogP contribution in [0.3, 0.4) is 0 Å². The minimum atomic E-state index is -1.02. The van der Waals surface area contributed by atoms with Crippen LogP contribution in [0.25, 0.3) is 32.8 Å². The summed E-state index contributed by atoms with van der Waals surface area (Å²) < 4.78 is 8.04. The Labute approximate surface area is 225 Å². The number of nitrogen functional groups attached to an aromatic ring is 1. The number of aromatic nitrogens is 1. The van der Waals surface area contributed by atoms with Crippen LogP contribution in [0.2, 0.25) is 0 Å². The van der Waals surface area contributed by atoms with E-state index in [0.29, 0.717) is 29.1 Å². The molecule has 1 heterocycles. The largest absolute Gasteiger partial charge is 0.477 e. The van der Waals surface area contributed by atoms with Crippen molar-refractivity contribution >= 4 is 33.5 Å². The Balaban J connectivity index is 1.40. The number of aromatic carboxylic acids is 1. The maximum Gasteiger partial charge on any atom is 0.352 e. The molecular weight excluding hydrogens is 486 g/mol. The van der Waals surface area contributed by atoms with Crippen molar-refractivity contribution in [1.82, 2.24) is 4.57 Å². The number of nitrogens with one attached hydrogen (secondary N) is 1. The van der Waals surface area contributed by atoms with E-state index in [4.69, 9.17) is 15.9 Å². The Bertz CT molecular complexity index is 1860. The number of ether oxygens (including phenoxy) is 1. The van der Waals surface area contributed by atoms with Gasteiger partial charge in [0.2, 0.25) is 0 Å². The van der Waals surface area contributed by atoms with Crippen LogP contribution in [0.5, 0.6) is 11.5 Å². The zero-order valence-corrected chi connectivity index (χ0v) is 21.0. The number of amidine groups is 1. The van der Waals surface area contributed by atoms with Crippen molar-refractivity contribution in [3.63, 3.8) is 0 Å². The summed E-state index contributed by atoms with van der Waals surface area (Å²) in [4.78, 5) is 12.2. The Morgan fingerprint density at radius 1 is 0.769 bits per heavy atom. The van der Waals surface area contributed by atoms with Crippen LogP contribution >= 0.6 is 0 Å². The number of carboxylic acid groups (broad SMARTS) is 1. The topological polar surface area (TPSA) is 101 Å². The lowest BCUT2D eigenvalue weighted by Gasteiger charge is -2.15. The highest BCUT2D eigenvalue weighted by Crippen LogP contribution is 2.32. The van der Waals surface area contributed by atoms with Crippen LogP contribution < -0.4 is 10.5 Å². The van der Waals surface area contributed by atoms with E-state index in [1.54, 1.807) is 28.8 Å². The second kappa shape index (κ2) is 9.84. The van der Waals surface area contributed by atoms with Crippen LogP contribution in [-0.2, 0) is 6.54 Å². The number of fused-ring (bicyclic) bond motifs is 2. The van der Waals surface area contributed by atoms with E-state index in [2.05, 4.69) is 12.1 Å². The molecule has 6 heteroatoms. The molecule has 0 fully saturated rings. The van der Waals surface area contributed by atoms with Crippen molar-refractivity contribution in [3.05, 3.63) is 132 Å². The maximum absolute atomic E-state index is 12.2. The SMILES string of the molecule is N=C(N)c1ccc2cc(C(=O)O)n(Cc3cc(Oc4ccc(-c5ccccc5)cc4)cc4ccccc34)c2c1. The fraction of sp³-hybridized carbons (Fsp3) is 0.0303. The van der Waals surface area contributed by atoms with Gasteiger partial charge in [0.05, 0.1) is 0 Å². The van der Waals surface area contributed by atoms with Gasteiger partial charge in [-0.3, -0.25) is 5.41 Å². The molecule has 0 spiro atoms. The Kier molecular flexibility index (Phi) is 6.05. The minimum Gasteiger partial charge on any atom is -0.477 e. The van der Waals surface area contributed by atoms with Gasteiger partial charge in [0, 0.05) is 23.0 Å². The number of carboxylic acids is 1. The molecule has 0 amide bonds. The van der Waals surface area contributed by atoms with Gasteiger partial charge >= 0.3 is 5.97 Å². The van der Waals surface area contributed by atoms with Gasteiger partial charge in [-0.05, 0) is 63.9 Å². The summed E-state index contributed by atoms with van der Waals surface area (Å²) in [5, 5.41) is 20.6. The average Bonchev–Trinajstić information content (AvgIpc) is 3.32. The van der Waals surface area contributed by atoms with Gasteiger partial charge in [-0.15, -0.1) is 0 Å². The highest BCUT2D eigenvalue weighted by molar-refractivity contribution is 6.01. The monoisotopic (exact) mass is 511 g/mol. The molecule has 5 aromatic carbocycles. The van der Waals surface area contributed by atoms with Gasteiger partial charge in [0.15, 0.2) is 0 Å². The molecule has 39 heavy (non-hydrogen) atoms. The van der Waals surface area contributed by atoms with E-state index in [-0.39, 0.29) is 11.5 Å². The maximum atomic E-state index is 12.2. The van der Waals surface area contributed by atoms with E-state index in [0.717, 1.165) is 32.8 Å². The van der Waals surface area contributed by atoms with Crippen molar-refractivity contribution in [2.45, 2.75) is 6.54 Å². The van der Waals surface area contributed by atoms with Crippen LogP contribution in [0, 0.1) is 5.41 Å². The predicted octanol–water partition coefficient (Wildman–Crippen LogP) is 7.28. The van der Waals surface area contributed by atoms with Gasteiger partial charge in [0.25, 0.3) is 0 Å². The van der Waals surface area contributed by atoms with Gasteiger partial charge in [-0.1, -0.05) is 78.9 Å². The number of rotatable bonds is 7. The molecule has 6 nitrogen and oxygen atoms in total. The average molecular weight is 512 g/mol. The van der Waals surface area contributed by atoms with Crippen LogP contribution in [0.1, 0.15) is 21.6 Å². The summed E-state index contributed by atoms with van der Waals surface area (Å²) in [7, 11) is 0. The summed E-state index contributed by atoms with van der Waals surface area (Å²) in [6, 6.07) is 37.0. The zero-order valence-electron chi connectivity index (χ0n) is 21.0. The molecule has 0 aliphatic heterocycles. The lowest BCUT2D eigenvalue weighted by molar-refractivity contribution is 0.0686. The third-order valence-electron chi connectivity index (χ3n) is 6.88. The Hall–Kier alpha value is -5.36. The van der Waals surface area contributed by atoms with Gasteiger partial charge in [-0.2, -0.15) is 0 Å². The summed E-state index contributed by atoms with van der Waals surface area (Å²) in [6.07, 6.45) is 0. The normalized spacial score (nSPS) is 11.1. The van der Waals surface area contributed by atoms with Crippen molar-refractivity contribution in [2.24, 2.45) is 5.73 Å². The summed E-state index contributed by atoms with van der Waals surface area (Å²) in [6.45, 7) is 0.303. The Morgan fingerprint density at radius 2 is 1.49 bits per heavy atom. The third-order valence-corrected chi connectivity index (χ3v) is 6.88. The fourth-order valence-electron chi connectivity index (χ4n) is 4.97. The van der Waals surface area contributed by atoms with E-state index in [1.807, 2.05) is 78.9 Å². The molecule has 0 saturated carbocycles. The zero-order chi connectivity index (χ0) is 26.9. The lowest BCUT2D eigenvalue weighted by atomic mass is 10.0. The molecule has 0 atom stereocenters. The predicted molar refractivity (Wildman–Crippen MR) is 155 cm³/mol. The van der Waals surface area contributed by atoms with Crippen LogP contribution in [-0.4, -0.2) is 21.5 Å². The van der Waals surface area contributed by atoms with Gasteiger partial charge in [-0.25, -0.2) is 4.79 Å². The molecule has 1 aromatic heterocycles. The first-order chi connectivity index (χ1) is 19.0. The quantitative estimate of drug-likeness (QED) is 0.155. The van der Waals surface area contributed by atoms with Crippen molar-refractivity contribution in [2.75, 3.05) is 0 Å². The molecule has 6 aromatic rings. The number of carbonyl (C=O) groups is 1. The lowest BCUT2D eigenvalue weighted by Crippen LogP contribution is -2.12. The summed E-state index contributed by atoms with van der Waals surface area (Å²) >= 11 is 0. The van der Waals surface area contributed by atoms with Crippen molar-refractivity contribution < 1.29 is 14.6 Å².